The largest absolute Gasteiger partial charge is 0.298 e. The summed E-state index contributed by atoms with van der Waals surface area (Å²) in [7, 11) is 0. The van der Waals surface area contributed by atoms with E-state index >= 15 is 0 Å². The predicted octanol–water partition coefficient (Wildman–Crippen LogP) is 1.89. The first-order valence-corrected chi connectivity index (χ1v) is 5.43. The Morgan fingerprint density at radius 3 is 3.00 bits per heavy atom. The van der Waals surface area contributed by atoms with Crippen LogP contribution in [0, 0.1) is 9.49 Å². The summed E-state index contributed by atoms with van der Waals surface area (Å²) in [6.07, 6.45) is 4.28. The Kier molecular flexibility index (Phi) is 3.90. The van der Waals surface area contributed by atoms with Gasteiger partial charge in [-0.15, -0.1) is 0 Å². The van der Waals surface area contributed by atoms with Crippen molar-refractivity contribution in [1.82, 2.24) is 9.55 Å². The lowest BCUT2D eigenvalue weighted by Gasteiger charge is -2.10. The summed E-state index contributed by atoms with van der Waals surface area (Å²) in [6, 6.07) is 0. The third-order valence-corrected chi connectivity index (χ3v) is 2.80. The number of hydrogen-bond donors (Lipinski definition) is 0. The van der Waals surface area contributed by atoms with Crippen LogP contribution in [-0.4, -0.2) is 9.55 Å². The lowest BCUT2D eigenvalue weighted by atomic mass is 10.1. The van der Waals surface area contributed by atoms with Crippen LogP contribution in [0.5, 0.6) is 0 Å². The molecular formula is C9H13IN2O. The number of nitrogens with zero attached hydrogens (tertiary/aromatic N) is 2. The summed E-state index contributed by atoms with van der Waals surface area (Å²) >= 11 is 2.01. The molecule has 1 aromatic heterocycles. The molecule has 1 heterocycles. The molecule has 0 fully saturated rings. The SMILES string of the molecule is CCC(C)Cn1cncc(I)c1=O. The minimum atomic E-state index is 0.0656. The molecule has 0 saturated carbocycles. The molecule has 0 saturated heterocycles. The van der Waals surface area contributed by atoms with Gasteiger partial charge in [0.15, 0.2) is 0 Å². The zero-order valence-corrected chi connectivity index (χ0v) is 9.98. The van der Waals surface area contributed by atoms with Gasteiger partial charge in [0.25, 0.3) is 5.56 Å². The van der Waals surface area contributed by atoms with Gasteiger partial charge in [-0.25, -0.2) is 4.98 Å². The topological polar surface area (TPSA) is 34.9 Å². The third-order valence-electron chi connectivity index (χ3n) is 2.06. The summed E-state index contributed by atoms with van der Waals surface area (Å²) in [4.78, 5) is 15.5. The van der Waals surface area contributed by atoms with Crippen molar-refractivity contribution in [2.75, 3.05) is 0 Å². The Hall–Kier alpha value is -0.390. The van der Waals surface area contributed by atoms with Crippen molar-refractivity contribution < 1.29 is 0 Å². The van der Waals surface area contributed by atoms with E-state index in [1.807, 2.05) is 22.6 Å². The molecule has 0 aliphatic carbocycles. The number of hydrogen-bond acceptors (Lipinski definition) is 2. The van der Waals surface area contributed by atoms with Crippen molar-refractivity contribution in [3.8, 4) is 0 Å². The molecule has 72 valence electrons. The van der Waals surface area contributed by atoms with E-state index in [9.17, 15) is 4.79 Å². The van der Waals surface area contributed by atoms with Crippen LogP contribution in [0.25, 0.3) is 0 Å². The zero-order valence-electron chi connectivity index (χ0n) is 7.83. The standard InChI is InChI=1S/C9H13IN2O/c1-3-7(2)5-12-6-11-4-8(10)9(12)13/h4,6-7H,3,5H2,1-2H3. The second-order valence-corrected chi connectivity index (χ2v) is 4.37. The zero-order chi connectivity index (χ0) is 9.84. The summed E-state index contributed by atoms with van der Waals surface area (Å²) in [5.41, 5.74) is 0.0656. The van der Waals surface area contributed by atoms with Gasteiger partial charge in [0.2, 0.25) is 0 Å². The normalized spacial score (nSPS) is 12.8. The molecule has 0 bridgehead atoms. The van der Waals surface area contributed by atoms with E-state index in [4.69, 9.17) is 0 Å². The lowest BCUT2D eigenvalue weighted by molar-refractivity contribution is 0.455. The molecule has 3 nitrogen and oxygen atoms in total. The molecule has 13 heavy (non-hydrogen) atoms. The molecule has 0 amide bonds. The van der Waals surface area contributed by atoms with Crippen LogP contribution < -0.4 is 5.56 Å². The number of aromatic nitrogens is 2. The fourth-order valence-electron chi connectivity index (χ4n) is 1.02. The summed E-state index contributed by atoms with van der Waals surface area (Å²) in [6.45, 7) is 5.02. The predicted molar refractivity (Wildman–Crippen MR) is 60.7 cm³/mol. The van der Waals surface area contributed by atoms with Crippen molar-refractivity contribution in [2.45, 2.75) is 26.8 Å². The highest BCUT2D eigenvalue weighted by atomic mass is 127. The van der Waals surface area contributed by atoms with Gasteiger partial charge in [-0.3, -0.25) is 9.36 Å². The van der Waals surface area contributed by atoms with E-state index in [0.717, 1.165) is 13.0 Å². The Bertz CT molecular complexity index is 335. The summed E-state index contributed by atoms with van der Waals surface area (Å²) in [5.74, 6) is 0.526. The number of rotatable bonds is 3. The summed E-state index contributed by atoms with van der Waals surface area (Å²) < 4.78 is 2.36. The second kappa shape index (κ2) is 4.74. The van der Waals surface area contributed by atoms with Crippen molar-refractivity contribution in [3.05, 3.63) is 26.4 Å². The smallest absolute Gasteiger partial charge is 0.266 e. The Morgan fingerprint density at radius 1 is 1.69 bits per heavy atom. The van der Waals surface area contributed by atoms with Gasteiger partial charge in [0.1, 0.15) is 0 Å². The van der Waals surface area contributed by atoms with Gasteiger partial charge in [0, 0.05) is 12.7 Å². The second-order valence-electron chi connectivity index (χ2n) is 3.21. The fourth-order valence-corrected chi connectivity index (χ4v) is 1.49. The van der Waals surface area contributed by atoms with Crippen LogP contribution in [0.1, 0.15) is 20.3 Å². The molecule has 1 aromatic rings. The third kappa shape index (κ3) is 2.79. The molecule has 0 aliphatic heterocycles. The Morgan fingerprint density at radius 2 is 2.38 bits per heavy atom. The van der Waals surface area contributed by atoms with E-state index < -0.39 is 0 Å². The van der Waals surface area contributed by atoms with E-state index in [2.05, 4.69) is 18.8 Å². The molecule has 1 atom stereocenters. The van der Waals surface area contributed by atoms with Crippen LogP contribution in [0.3, 0.4) is 0 Å². The molecule has 4 heteroatoms. The van der Waals surface area contributed by atoms with Crippen molar-refractivity contribution >= 4 is 22.6 Å². The van der Waals surface area contributed by atoms with Crippen molar-refractivity contribution in [1.29, 1.82) is 0 Å². The maximum Gasteiger partial charge on any atom is 0.266 e. The van der Waals surface area contributed by atoms with Crippen molar-refractivity contribution in [3.63, 3.8) is 0 Å². The molecule has 1 rings (SSSR count). The molecular weight excluding hydrogens is 279 g/mol. The maximum atomic E-state index is 11.5. The van der Waals surface area contributed by atoms with Gasteiger partial charge in [-0.1, -0.05) is 20.3 Å². The summed E-state index contributed by atoms with van der Waals surface area (Å²) in [5, 5.41) is 0. The quantitative estimate of drug-likeness (QED) is 0.797. The van der Waals surface area contributed by atoms with Crippen LogP contribution in [-0.2, 0) is 6.54 Å². The van der Waals surface area contributed by atoms with Gasteiger partial charge in [-0.05, 0) is 28.5 Å². The number of halogens is 1. The van der Waals surface area contributed by atoms with Gasteiger partial charge in [-0.2, -0.15) is 0 Å². The average Bonchev–Trinajstić information content (AvgIpc) is 2.13. The lowest BCUT2D eigenvalue weighted by Crippen LogP contribution is -2.24. The van der Waals surface area contributed by atoms with E-state index in [0.29, 0.717) is 9.49 Å². The van der Waals surface area contributed by atoms with Gasteiger partial charge in [0.05, 0.1) is 9.90 Å². The van der Waals surface area contributed by atoms with Crippen LogP contribution in [0.4, 0.5) is 0 Å². The Balaban J connectivity index is 2.89. The molecule has 0 aliphatic rings. The fraction of sp³-hybridized carbons (Fsp3) is 0.556. The first-order chi connectivity index (χ1) is 6.15. The van der Waals surface area contributed by atoms with E-state index in [-0.39, 0.29) is 5.56 Å². The monoisotopic (exact) mass is 292 g/mol. The van der Waals surface area contributed by atoms with E-state index in [1.165, 1.54) is 0 Å². The minimum Gasteiger partial charge on any atom is -0.298 e. The molecule has 0 aromatic carbocycles. The first kappa shape index (κ1) is 10.7. The maximum absolute atomic E-state index is 11.5. The van der Waals surface area contributed by atoms with Crippen LogP contribution >= 0.6 is 22.6 Å². The van der Waals surface area contributed by atoms with Crippen LogP contribution in [0.15, 0.2) is 17.3 Å². The molecule has 0 radical (unpaired) electrons. The van der Waals surface area contributed by atoms with E-state index in [1.54, 1.807) is 17.1 Å². The van der Waals surface area contributed by atoms with Crippen LogP contribution in [0.2, 0.25) is 0 Å². The average molecular weight is 292 g/mol. The van der Waals surface area contributed by atoms with Gasteiger partial charge < -0.3 is 0 Å². The highest BCUT2D eigenvalue weighted by molar-refractivity contribution is 14.1. The molecule has 0 spiro atoms. The van der Waals surface area contributed by atoms with Gasteiger partial charge >= 0.3 is 0 Å². The highest BCUT2D eigenvalue weighted by Crippen LogP contribution is 2.03. The molecule has 1 unspecified atom stereocenters. The highest BCUT2D eigenvalue weighted by Gasteiger charge is 2.04. The minimum absolute atomic E-state index is 0.0656. The van der Waals surface area contributed by atoms with Crippen molar-refractivity contribution in [2.24, 2.45) is 5.92 Å². The Labute approximate surface area is 91.3 Å². The first-order valence-electron chi connectivity index (χ1n) is 4.35. The molecule has 0 N–H and O–H groups in total.